The summed E-state index contributed by atoms with van der Waals surface area (Å²) >= 11 is 19.0. The van der Waals surface area contributed by atoms with Gasteiger partial charge in [-0.3, -0.25) is 9.59 Å². The van der Waals surface area contributed by atoms with E-state index in [1.54, 1.807) is 29.2 Å². The summed E-state index contributed by atoms with van der Waals surface area (Å²) in [5.74, 6) is -0.331. The first-order valence-corrected chi connectivity index (χ1v) is 11.8. The van der Waals surface area contributed by atoms with Crippen molar-refractivity contribution in [2.45, 2.75) is 64.1 Å². The molecule has 1 aliphatic rings. The highest BCUT2D eigenvalue weighted by Gasteiger charge is 2.31. The van der Waals surface area contributed by atoms with Crippen LogP contribution < -0.4 is 5.32 Å². The number of carbonyl (C=O) groups excluding carboxylic acids is 2. The SMILES string of the molecule is CC[C@H](C(=O)NC1CCCC1)N(Cc1c(Cl)cccc1Cl)C(=O)Cc1ccccc1Cl. The molecule has 3 rings (SSSR count). The van der Waals surface area contributed by atoms with Crippen molar-refractivity contribution >= 4 is 46.6 Å². The van der Waals surface area contributed by atoms with Crippen LogP contribution in [0.25, 0.3) is 0 Å². The van der Waals surface area contributed by atoms with Gasteiger partial charge in [-0.25, -0.2) is 0 Å². The summed E-state index contributed by atoms with van der Waals surface area (Å²) < 4.78 is 0. The molecule has 31 heavy (non-hydrogen) atoms. The van der Waals surface area contributed by atoms with E-state index in [4.69, 9.17) is 34.8 Å². The molecule has 0 heterocycles. The lowest BCUT2D eigenvalue weighted by atomic mass is 10.1. The van der Waals surface area contributed by atoms with Gasteiger partial charge in [-0.05, 0) is 43.0 Å². The van der Waals surface area contributed by atoms with E-state index in [0.717, 1.165) is 31.2 Å². The molecule has 166 valence electrons. The monoisotopic (exact) mass is 480 g/mol. The number of nitrogens with one attached hydrogen (secondary N) is 1. The fourth-order valence-corrected chi connectivity index (χ4v) is 4.77. The molecule has 1 N–H and O–H groups in total. The number of halogens is 3. The van der Waals surface area contributed by atoms with Crippen molar-refractivity contribution in [3.05, 3.63) is 68.7 Å². The van der Waals surface area contributed by atoms with E-state index >= 15 is 0 Å². The van der Waals surface area contributed by atoms with Crippen LogP contribution in [0.2, 0.25) is 15.1 Å². The number of rotatable bonds is 8. The molecule has 1 aliphatic carbocycles. The van der Waals surface area contributed by atoms with Gasteiger partial charge in [0.2, 0.25) is 11.8 Å². The van der Waals surface area contributed by atoms with E-state index in [-0.39, 0.29) is 30.8 Å². The maximum absolute atomic E-state index is 13.4. The van der Waals surface area contributed by atoms with E-state index in [1.807, 2.05) is 25.1 Å². The van der Waals surface area contributed by atoms with E-state index in [1.165, 1.54) is 0 Å². The number of amides is 2. The number of hydrogen-bond donors (Lipinski definition) is 1. The minimum atomic E-state index is -0.622. The van der Waals surface area contributed by atoms with Gasteiger partial charge in [-0.15, -0.1) is 0 Å². The average molecular weight is 482 g/mol. The van der Waals surface area contributed by atoms with Crippen LogP contribution in [0.1, 0.15) is 50.2 Å². The lowest BCUT2D eigenvalue weighted by Crippen LogP contribution is -2.51. The lowest BCUT2D eigenvalue weighted by Gasteiger charge is -2.32. The third-order valence-corrected chi connectivity index (χ3v) is 6.85. The summed E-state index contributed by atoms with van der Waals surface area (Å²) in [6.07, 6.45) is 4.76. The molecule has 2 aromatic carbocycles. The number of hydrogen-bond acceptors (Lipinski definition) is 2. The van der Waals surface area contributed by atoms with Gasteiger partial charge in [0.05, 0.1) is 6.42 Å². The lowest BCUT2D eigenvalue weighted by molar-refractivity contribution is -0.141. The van der Waals surface area contributed by atoms with Gasteiger partial charge in [0, 0.05) is 33.2 Å². The summed E-state index contributed by atoms with van der Waals surface area (Å²) in [5.41, 5.74) is 1.35. The van der Waals surface area contributed by atoms with Crippen molar-refractivity contribution in [1.29, 1.82) is 0 Å². The van der Waals surface area contributed by atoms with E-state index in [0.29, 0.717) is 27.1 Å². The first-order chi connectivity index (χ1) is 14.9. The second-order valence-electron chi connectivity index (χ2n) is 7.90. The molecule has 0 aliphatic heterocycles. The standard InChI is InChI=1S/C24H27Cl3N2O2/c1-2-22(24(31)28-17-9-4-5-10-17)29(15-18-20(26)12-7-13-21(18)27)23(30)14-16-8-3-6-11-19(16)25/h3,6-8,11-13,17,22H,2,4-5,9-10,14-15H2,1H3,(H,28,31)/t22-/m1/s1. The van der Waals surface area contributed by atoms with Crippen LogP contribution in [0.5, 0.6) is 0 Å². The van der Waals surface area contributed by atoms with Gasteiger partial charge >= 0.3 is 0 Å². The Balaban J connectivity index is 1.88. The summed E-state index contributed by atoms with van der Waals surface area (Å²) in [4.78, 5) is 28.2. The van der Waals surface area contributed by atoms with Gasteiger partial charge in [-0.1, -0.05) is 78.8 Å². The maximum atomic E-state index is 13.4. The first kappa shape index (κ1) is 23.9. The predicted molar refractivity (Wildman–Crippen MR) is 127 cm³/mol. The van der Waals surface area contributed by atoms with Crippen molar-refractivity contribution in [1.82, 2.24) is 10.2 Å². The number of benzene rings is 2. The Bertz CT molecular complexity index is 909. The van der Waals surface area contributed by atoms with Gasteiger partial charge in [0.25, 0.3) is 0 Å². The van der Waals surface area contributed by atoms with Crippen LogP contribution >= 0.6 is 34.8 Å². The van der Waals surface area contributed by atoms with E-state index in [2.05, 4.69) is 5.32 Å². The van der Waals surface area contributed by atoms with Crippen LogP contribution in [0.3, 0.4) is 0 Å². The van der Waals surface area contributed by atoms with Crippen LogP contribution in [-0.2, 0) is 22.6 Å². The van der Waals surface area contributed by atoms with Crippen molar-refractivity contribution < 1.29 is 9.59 Å². The van der Waals surface area contributed by atoms with Crippen molar-refractivity contribution in [2.24, 2.45) is 0 Å². The maximum Gasteiger partial charge on any atom is 0.243 e. The Labute approximate surface area is 198 Å². The zero-order valence-corrected chi connectivity index (χ0v) is 19.8. The predicted octanol–water partition coefficient (Wildman–Crippen LogP) is 6.06. The van der Waals surface area contributed by atoms with Crippen LogP contribution in [0, 0.1) is 0 Å². The first-order valence-electron chi connectivity index (χ1n) is 10.7. The molecule has 4 nitrogen and oxygen atoms in total. The molecule has 2 amide bonds. The molecule has 0 radical (unpaired) electrons. The Morgan fingerprint density at radius 2 is 1.61 bits per heavy atom. The smallest absolute Gasteiger partial charge is 0.243 e. The number of nitrogens with zero attached hydrogens (tertiary/aromatic N) is 1. The second-order valence-corrected chi connectivity index (χ2v) is 9.13. The third-order valence-electron chi connectivity index (χ3n) is 5.78. The van der Waals surface area contributed by atoms with Gasteiger partial charge in [-0.2, -0.15) is 0 Å². The topological polar surface area (TPSA) is 49.4 Å². The zero-order valence-electron chi connectivity index (χ0n) is 17.5. The van der Waals surface area contributed by atoms with Crippen molar-refractivity contribution in [3.8, 4) is 0 Å². The molecule has 1 fully saturated rings. The highest BCUT2D eigenvalue weighted by atomic mass is 35.5. The van der Waals surface area contributed by atoms with Crippen molar-refractivity contribution in [3.63, 3.8) is 0 Å². The largest absolute Gasteiger partial charge is 0.352 e. The molecular formula is C24H27Cl3N2O2. The Morgan fingerprint density at radius 1 is 1.00 bits per heavy atom. The minimum absolute atomic E-state index is 0.0922. The van der Waals surface area contributed by atoms with Crippen molar-refractivity contribution in [2.75, 3.05) is 0 Å². The summed E-state index contributed by atoms with van der Waals surface area (Å²) in [6, 6.07) is 12.0. The Kier molecular flexibility index (Phi) is 8.65. The molecule has 0 spiro atoms. The molecule has 1 atom stereocenters. The molecule has 0 aromatic heterocycles. The minimum Gasteiger partial charge on any atom is -0.352 e. The molecule has 0 bridgehead atoms. The molecule has 0 unspecified atom stereocenters. The fourth-order valence-electron chi connectivity index (χ4n) is 4.05. The average Bonchev–Trinajstić information content (AvgIpc) is 3.24. The van der Waals surface area contributed by atoms with E-state index < -0.39 is 6.04 Å². The normalized spacial score (nSPS) is 15.0. The Morgan fingerprint density at radius 3 is 2.23 bits per heavy atom. The third kappa shape index (κ3) is 6.15. The summed E-state index contributed by atoms with van der Waals surface area (Å²) in [5, 5.41) is 4.59. The second kappa shape index (κ2) is 11.2. The molecular weight excluding hydrogens is 455 g/mol. The summed E-state index contributed by atoms with van der Waals surface area (Å²) in [6.45, 7) is 2.06. The van der Waals surface area contributed by atoms with Gasteiger partial charge < -0.3 is 10.2 Å². The summed E-state index contributed by atoms with van der Waals surface area (Å²) in [7, 11) is 0. The molecule has 1 saturated carbocycles. The molecule has 2 aromatic rings. The quantitative estimate of drug-likeness (QED) is 0.498. The Hall–Kier alpha value is -1.75. The van der Waals surface area contributed by atoms with Crippen LogP contribution in [0.4, 0.5) is 0 Å². The molecule has 7 heteroatoms. The zero-order chi connectivity index (χ0) is 22.4. The van der Waals surface area contributed by atoms with Crippen LogP contribution in [0.15, 0.2) is 42.5 Å². The highest BCUT2D eigenvalue weighted by Crippen LogP contribution is 2.28. The molecule has 0 saturated heterocycles. The number of carbonyl (C=O) groups is 2. The van der Waals surface area contributed by atoms with E-state index in [9.17, 15) is 9.59 Å². The highest BCUT2D eigenvalue weighted by molar-refractivity contribution is 6.36. The van der Waals surface area contributed by atoms with Gasteiger partial charge in [0.15, 0.2) is 0 Å². The fraction of sp³-hybridized carbons (Fsp3) is 0.417. The van der Waals surface area contributed by atoms with Crippen LogP contribution in [-0.4, -0.2) is 28.8 Å². The van der Waals surface area contributed by atoms with Gasteiger partial charge in [0.1, 0.15) is 6.04 Å².